The van der Waals surface area contributed by atoms with Gasteiger partial charge in [-0.15, -0.1) is 0 Å². The van der Waals surface area contributed by atoms with Crippen LogP contribution in [0.1, 0.15) is 70.6 Å². The molecule has 1 rings (SSSR count). The van der Waals surface area contributed by atoms with Gasteiger partial charge in [0.05, 0.1) is 0 Å². The summed E-state index contributed by atoms with van der Waals surface area (Å²) in [6.45, 7) is 0.194. The third-order valence-electron chi connectivity index (χ3n) is 5.14. The van der Waals surface area contributed by atoms with E-state index in [0.717, 1.165) is 38.5 Å². The number of nitrogens with two attached hydrogens (primary N) is 2. The molecule has 8 heteroatoms. The first-order valence-corrected chi connectivity index (χ1v) is 9.60. The molecule has 152 valence electrons. The molecule has 7 N–H and O–H groups in total. The average Bonchev–Trinajstić information content (AvgIpc) is 2.61. The lowest BCUT2D eigenvalue weighted by Gasteiger charge is -2.38. The van der Waals surface area contributed by atoms with Gasteiger partial charge in [-0.3, -0.25) is 9.59 Å². The lowest BCUT2D eigenvalue weighted by Crippen LogP contribution is -2.62. The quantitative estimate of drug-likeness (QED) is 0.459. The minimum Gasteiger partial charge on any atom is -0.387 e. The van der Waals surface area contributed by atoms with E-state index in [1.807, 2.05) is 0 Å². The molecule has 1 aliphatic heterocycles. The van der Waals surface area contributed by atoms with Crippen LogP contribution in [0.2, 0.25) is 0 Å². The van der Waals surface area contributed by atoms with Gasteiger partial charge in [-0.25, -0.2) is 0 Å². The Balaban J connectivity index is 2.93. The molecule has 1 aliphatic rings. The lowest BCUT2D eigenvalue weighted by molar-refractivity contribution is -0.190. The highest BCUT2D eigenvalue weighted by Crippen LogP contribution is 2.28. The number of ether oxygens (including phenoxy) is 1. The predicted octanol–water partition coefficient (Wildman–Crippen LogP) is 0.0998. The molecular formula is C18H34N2O6. The van der Waals surface area contributed by atoms with Crippen LogP contribution in [0.15, 0.2) is 0 Å². The number of carbonyl (C=O) groups is 2. The molecule has 0 unspecified atom stereocenters. The van der Waals surface area contributed by atoms with Gasteiger partial charge in [0.1, 0.15) is 12.2 Å². The fourth-order valence-electron chi connectivity index (χ4n) is 3.42. The monoisotopic (exact) mass is 374 g/mol. The fraction of sp³-hybridized carbons (Fsp3) is 0.889. The van der Waals surface area contributed by atoms with E-state index in [1.165, 1.54) is 12.8 Å². The average molecular weight is 374 g/mol. The lowest BCUT2D eigenvalue weighted by atomic mass is 9.84. The van der Waals surface area contributed by atoms with Crippen molar-refractivity contribution < 1.29 is 29.6 Å². The van der Waals surface area contributed by atoms with Gasteiger partial charge >= 0.3 is 0 Å². The van der Waals surface area contributed by atoms with Crippen molar-refractivity contribution in [3.8, 4) is 0 Å². The van der Waals surface area contributed by atoms with Crippen LogP contribution in [0.25, 0.3) is 0 Å². The molecule has 2 amide bonds. The minimum atomic E-state index is -2.02. The molecule has 8 nitrogen and oxygen atoms in total. The number of primary amides is 2. The molecule has 0 aromatic carbocycles. The number of rotatable bonds is 5. The van der Waals surface area contributed by atoms with Gasteiger partial charge in [0, 0.05) is 6.61 Å². The summed E-state index contributed by atoms with van der Waals surface area (Å²) in [7, 11) is 0. The third-order valence-corrected chi connectivity index (χ3v) is 5.14. The second-order valence-corrected chi connectivity index (χ2v) is 7.17. The van der Waals surface area contributed by atoms with Crippen molar-refractivity contribution in [2.24, 2.45) is 11.5 Å². The van der Waals surface area contributed by atoms with Crippen LogP contribution in [0, 0.1) is 0 Å². The molecule has 1 heterocycles. The molecule has 0 radical (unpaired) electrons. The predicted molar refractivity (Wildman–Crippen MR) is 95.9 cm³/mol. The topological polar surface area (TPSA) is 156 Å². The van der Waals surface area contributed by atoms with Crippen molar-refractivity contribution in [1.29, 1.82) is 0 Å². The van der Waals surface area contributed by atoms with E-state index in [2.05, 4.69) is 0 Å². The zero-order chi connectivity index (χ0) is 19.6. The largest absolute Gasteiger partial charge is 0.387 e. The van der Waals surface area contributed by atoms with Gasteiger partial charge < -0.3 is 31.5 Å². The maximum absolute atomic E-state index is 12.2. The van der Waals surface area contributed by atoms with E-state index < -0.39 is 35.7 Å². The summed E-state index contributed by atoms with van der Waals surface area (Å²) >= 11 is 0. The van der Waals surface area contributed by atoms with Crippen LogP contribution in [-0.4, -0.2) is 57.7 Å². The Hall–Kier alpha value is -1.22. The van der Waals surface area contributed by atoms with Crippen LogP contribution in [0.4, 0.5) is 0 Å². The van der Waals surface area contributed by atoms with Crippen molar-refractivity contribution in [1.82, 2.24) is 0 Å². The van der Waals surface area contributed by atoms with Crippen LogP contribution >= 0.6 is 0 Å². The highest BCUT2D eigenvalue weighted by molar-refractivity contribution is 5.85. The van der Waals surface area contributed by atoms with Gasteiger partial charge in [0.2, 0.25) is 5.91 Å². The molecule has 0 aromatic heterocycles. The first kappa shape index (κ1) is 22.8. The van der Waals surface area contributed by atoms with Crippen molar-refractivity contribution in [3.63, 3.8) is 0 Å². The van der Waals surface area contributed by atoms with E-state index >= 15 is 0 Å². The molecule has 0 aromatic rings. The second kappa shape index (κ2) is 11.5. The Kier molecular flexibility index (Phi) is 10.1. The summed E-state index contributed by atoms with van der Waals surface area (Å²) in [6, 6.07) is 0. The Morgan fingerprint density at radius 3 is 1.73 bits per heavy atom. The van der Waals surface area contributed by atoms with Gasteiger partial charge in [-0.05, 0) is 19.3 Å². The summed E-state index contributed by atoms with van der Waals surface area (Å²) in [4.78, 5) is 23.3. The molecule has 1 saturated heterocycles. The molecule has 0 bridgehead atoms. The van der Waals surface area contributed by atoms with E-state index in [1.54, 1.807) is 0 Å². The van der Waals surface area contributed by atoms with Crippen LogP contribution in [-0.2, 0) is 14.3 Å². The summed E-state index contributed by atoms with van der Waals surface area (Å²) in [5.74, 6) is -2.12. The first-order chi connectivity index (χ1) is 12.3. The van der Waals surface area contributed by atoms with Crippen molar-refractivity contribution in [2.75, 3.05) is 6.61 Å². The van der Waals surface area contributed by atoms with E-state index in [9.17, 15) is 24.9 Å². The van der Waals surface area contributed by atoms with Crippen LogP contribution in [0.3, 0.4) is 0 Å². The van der Waals surface area contributed by atoms with Crippen molar-refractivity contribution >= 4 is 11.8 Å². The number of hydrogen-bond acceptors (Lipinski definition) is 6. The Labute approximate surface area is 154 Å². The zero-order valence-electron chi connectivity index (χ0n) is 15.4. The summed E-state index contributed by atoms with van der Waals surface area (Å²) in [5.41, 5.74) is 8.64. The summed E-state index contributed by atoms with van der Waals surface area (Å²) in [5, 5.41) is 30.3. The standard InChI is InChI=1S/C18H34N2O6/c19-16(24)14(22)13(21)15(23)18(17(20)25)11-9-7-5-3-1-2-4-6-8-10-12-26-18/h13-15,21-23H,1-12H2,(H2,19,24)(H2,20,25)/t13-,14+,15+,18-/m1/s1. The second-order valence-electron chi connectivity index (χ2n) is 7.17. The first-order valence-electron chi connectivity index (χ1n) is 9.60. The number of aliphatic hydroxyl groups excluding tert-OH is 3. The Bertz CT molecular complexity index is 431. The molecule has 0 aliphatic carbocycles. The van der Waals surface area contributed by atoms with Gasteiger partial charge in [0.25, 0.3) is 5.91 Å². The van der Waals surface area contributed by atoms with Crippen molar-refractivity contribution in [2.45, 2.75) is 94.5 Å². The maximum atomic E-state index is 12.2. The Morgan fingerprint density at radius 1 is 0.808 bits per heavy atom. The third kappa shape index (κ3) is 6.50. The molecule has 4 atom stereocenters. The fourth-order valence-corrected chi connectivity index (χ4v) is 3.42. The molecule has 0 spiro atoms. The number of amides is 2. The molecule has 1 fully saturated rings. The minimum absolute atomic E-state index is 0.103. The molecule has 0 saturated carbocycles. The number of hydrogen-bond donors (Lipinski definition) is 5. The van der Waals surface area contributed by atoms with Crippen molar-refractivity contribution in [3.05, 3.63) is 0 Å². The highest BCUT2D eigenvalue weighted by atomic mass is 16.5. The highest BCUT2D eigenvalue weighted by Gasteiger charge is 2.50. The van der Waals surface area contributed by atoms with E-state index in [-0.39, 0.29) is 13.0 Å². The SMILES string of the molecule is NC(=O)[C@@H](O)[C@@H](O)[C@H](O)[C@@]1(C(N)=O)CCCCCCCCCCCCO1. The smallest absolute Gasteiger partial charge is 0.252 e. The van der Waals surface area contributed by atoms with E-state index in [4.69, 9.17) is 16.2 Å². The Morgan fingerprint density at radius 2 is 1.27 bits per heavy atom. The van der Waals surface area contributed by atoms with Crippen LogP contribution < -0.4 is 11.5 Å². The molecular weight excluding hydrogens is 340 g/mol. The zero-order valence-corrected chi connectivity index (χ0v) is 15.4. The maximum Gasteiger partial charge on any atom is 0.252 e. The van der Waals surface area contributed by atoms with E-state index in [0.29, 0.717) is 12.8 Å². The van der Waals surface area contributed by atoms with Gasteiger partial charge in [-0.1, -0.05) is 51.4 Å². The molecule has 26 heavy (non-hydrogen) atoms. The van der Waals surface area contributed by atoms with Gasteiger partial charge in [0.15, 0.2) is 11.7 Å². The van der Waals surface area contributed by atoms with Gasteiger partial charge in [-0.2, -0.15) is 0 Å². The van der Waals surface area contributed by atoms with Crippen LogP contribution in [0.5, 0.6) is 0 Å². The summed E-state index contributed by atoms with van der Waals surface area (Å²) < 4.78 is 5.70. The normalized spacial score (nSPS) is 27.7. The number of carbonyl (C=O) groups excluding carboxylic acids is 2. The summed E-state index contributed by atoms with van der Waals surface area (Å²) in [6.07, 6.45) is 4.04. The number of aliphatic hydroxyl groups is 3.